The Morgan fingerprint density at radius 3 is 2.75 bits per heavy atom. The van der Waals surface area contributed by atoms with E-state index in [1.165, 1.54) is 11.3 Å². The summed E-state index contributed by atoms with van der Waals surface area (Å²) in [6, 6.07) is 9.64. The third-order valence-electron chi connectivity index (χ3n) is 5.03. The number of rotatable bonds is 5. The average Bonchev–Trinajstić information content (AvgIpc) is 3.17. The van der Waals surface area contributed by atoms with Gasteiger partial charge < -0.3 is 4.90 Å². The van der Waals surface area contributed by atoms with Crippen LogP contribution >= 0.6 is 27.3 Å². The average molecular weight is 461 g/mol. The predicted molar refractivity (Wildman–Crippen MR) is 114 cm³/mol. The van der Waals surface area contributed by atoms with Crippen molar-refractivity contribution in [1.29, 1.82) is 0 Å². The molecule has 8 heteroatoms. The predicted octanol–water partition coefficient (Wildman–Crippen LogP) is 2.80. The number of aryl methyl sites for hydroxylation is 1. The van der Waals surface area contributed by atoms with Gasteiger partial charge in [0.15, 0.2) is 4.96 Å². The van der Waals surface area contributed by atoms with Crippen molar-refractivity contribution >= 4 is 38.1 Å². The van der Waals surface area contributed by atoms with E-state index in [0.29, 0.717) is 13.0 Å². The summed E-state index contributed by atoms with van der Waals surface area (Å²) in [5.74, 6) is 0.201. The van der Waals surface area contributed by atoms with E-state index in [4.69, 9.17) is 0 Å². The highest BCUT2D eigenvalue weighted by molar-refractivity contribution is 9.10. The van der Waals surface area contributed by atoms with Gasteiger partial charge in [0.05, 0.1) is 5.69 Å². The first-order chi connectivity index (χ1) is 13.6. The van der Waals surface area contributed by atoms with Gasteiger partial charge in [-0.25, -0.2) is 4.98 Å². The summed E-state index contributed by atoms with van der Waals surface area (Å²) >= 11 is 5.00. The minimum absolute atomic E-state index is 0.0397. The first-order valence-corrected chi connectivity index (χ1v) is 11.0. The summed E-state index contributed by atoms with van der Waals surface area (Å²) in [6.07, 6.45) is 3.02. The number of halogens is 1. The monoisotopic (exact) mass is 460 g/mol. The summed E-state index contributed by atoms with van der Waals surface area (Å²) < 4.78 is 2.62. The molecule has 4 rings (SSSR count). The topological polar surface area (TPSA) is 57.9 Å². The second-order valence-electron chi connectivity index (χ2n) is 6.89. The number of carbonyl (C=O) groups is 1. The Morgan fingerprint density at radius 2 is 1.96 bits per heavy atom. The Labute approximate surface area is 175 Å². The van der Waals surface area contributed by atoms with Gasteiger partial charge in [0.2, 0.25) is 5.91 Å². The highest BCUT2D eigenvalue weighted by Crippen LogP contribution is 2.18. The second-order valence-corrected chi connectivity index (χ2v) is 8.62. The number of fused-ring (bicyclic) bond motifs is 1. The zero-order valence-corrected chi connectivity index (χ0v) is 17.8. The largest absolute Gasteiger partial charge is 0.340 e. The van der Waals surface area contributed by atoms with Gasteiger partial charge in [-0.3, -0.25) is 18.9 Å². The fraction of sp³-hybridized carbons (Fsp3) is 0.350. The van der Waals surface area contributed by atoms with E-state index in [2.05, 4.69) is 31.9 Å². The Kier molecular flexibility index (Phi) is 5.89. The first-order valence-electron chi connectivity index (χ1n) is 9.29. The number of thiazole rings is 1. The van der Waals surface area contributed by atoms with E-state index in [1.807, 2.05) is 28.5 Å². The van der Waals surface area contributed by atoms with Crippen LogP contribution in [-0.2, 0) is 17.8 Å². The Morgan fingerprint density at radius 1 is 1.18 bits per heavy atom. The molecule has 0 saturated carbocycles. The molecule has 0 bridgehead atoms. The molecule has 0 spiro atoms. The third-order valence-corrected chi connectivity index (χ3v) is 6.56. The fourth-order valence-electron chi connectivity index (χ4n) is 3.45. The number of hydrogen-bond acceptors (Lipinski definition) is 5. The Balaban J connectivity index is 1.29. The summed E-state index contributed by atoms with van der Waals surface area (Å²) in [7, 11) is 0. The van der Waals surface area contributed by atoms with Crippen molar-refractivity contribution in [2.75, 3.05) is 26.2 Å². The van der Waals surface area contributed by atoms with Crippen molar-refractivity contribution in [1.82, 2.24) is 19.2 Å². The molecule has 28 heavy (non-hydrogen) atoms. The second kappa shape index (κ2) is 8.55. The molecule has 1 aromatic carbocycles. The number of benzene rings is 1. The molecular formula is C20H21BrN4O2S. The van der Waals surface area contributed by atoms with E-state index < -0.39 is 0 Å². The van der Waals surface area contributed by atoms with Crippen molar-refractivity contribution in [3.05, 3.63) is 68.0 Å². The van der Waals surface area contributed by atoms with Crippen LogP contribution in [0.25, 0.3) is 4.96 Å². The van der Waals surface area contributed by atoms with Gasteiger partial charge in [-0.05, 0) is 18.1 Å². The Hall–Kier alpha value is -2.03. The van der Waals surface area contributed by atoms with Crippen molar-refractivity contribution in [3.8, 4) is 0 Å². The van der Waals surface area contributed by atoms with Gasteiger partial charge in [0.25, 0.3) is 5.56 Å². The number of piperazine rings is 1. The number of amides is 1. The molecule has 1 aliphatic rings. The maximum atomic E-state index is 12.5. The molecule has 0 unspecified atom stereocenters. The van der Waals surface area contributed by atoms with E-state index >= 15 is 0 Å². The molecule has 3 aromatic rings. The molecule has 6 nitrogen and oxygen atoms in total. The molecule has 1 saturated heterocycles. The van der Waals surface area contributed by atoms with Crippen molar-refractivity contribution in [2.45, 2.75) is 19.4 Å². The van der Waals surface area contributed by atoms with Crippen LogP contribution in [0.4, 0.5) is 0 Å². The molecule has 0 atom stereocenters. The molecule has 1 fully saturated rings. The number of aromatic nitrogens is 2. The lowest BCUT2D eigenvalue weighted by Gasteiger charge is -2.34. The van der Waals surface area contributed by atoms with E-state index in [0.717, 1.165) is 53.3 Å². The smallest absolute Gasteiger partial charge is 0.258 e. The molecule has 1 aliphatic heterocycles. The van der Waals surface area contributed by atoms with Gasteiger partial charge in [0.1, 0.15) is 0 Å². The summed E-state index contributed by atoms with van der Waals surface area (Å²) in [5.41, 5.74) is 1.92. The van der Waals surface area contributed by atoms with Crippen LogP contribution in [-0.4, -0.2) is 51.3 Å². The highest BCUT2D eigenvalue weighted by Gasteiger charge is 2.21. The zero-order chi connectivity index (χ0) is 19.5. The SMILES string of the molecule is O=C(CCc1ccccc1Br)N1CCN(Cc2cc(=O)n3ccsc3n2)CC1. The van der Waals surface area contributed by atoms with Gasteiger partial charge in [-0.1, -0.05) is 34.1 Å². The number of hydrogen-bond donors (Lipinski definition) is 0. The molecule has 2 aromatic heterocycles. The lowest BCUT2D eigenvalue weighted by atomic mass is 10.1. The number of nitrogens with zero attached hydrogens (tertiary/aromatic N) is 4. The highest BCUT2D eigenvalue weighted by atomic mass is 79.9. The van der Waals surface area contributed by atoms with Crippen LogP contribution in [0.2, 0.25) is 0 Å². The van der Waals surface area contributed by atoms with Crippen LogP contribution in [0.15, 0.2) is 51.2 Å². The minimum atomic E-state index is -0.0397. The van der Waals surface area contributed by atoms with Gasteiger partial charge in [0, 0.05) is 61.3 Å². The lowest BCUT2D eigenvalue weighted by molar-refractivity contribution is -0.133. The lowest BCUT2D eigenvalue weighted by Crippen LogP contribution is -2.48. The molecule has 3 heterocycles. The van der Waals surface area contributed by atoms with Crippen LogP contribution < -0.4 is 5.56 Å². The van der Waals surface area contributed by atoms with Crippen LogP contribution in [0.3, 0.4) is 0 Å². The van der Waals surface area contributed by atoms with Crippen LogP contribution in [0, 0.1) is 0 Å². The van der Waals surface area contributed by atoms with Crippen molar-refractivity contribution in [2.24, 2.45) is 0 Å². The summed E-state index contributed by atoms with van der Waals surface area (Å²) in [4.78, 5) is 34.1. The normalized spacial score (nSPS) is 15.2. The zero-order valence-electron chi connectivity index (χ0n) is 15.4. The van der Waals surface area contributed by atoms with Crippen molar-refractivity contribution < 1.29 is 4.79 Å². The van der Waals surface area contributed by atoms with Crippen molar-refractivity contribution in [3.63, 3.8) is 0 Å². The van der Waals surface area contributed by atoms with Gasteiger partial charge in [-0.15, -0.1) is 11.3 Å². The summed E-state index contributed by atoms with van der Waals surface area (Å²) in [6.45, 7) is 3.67. The van der Waals surface area contributed by atoms with E-state index in [1.54, 1.807) is 16.7 Å². The molecular weight excluding hydrogens is 440 g/mol. The minimum Gasteiger partial charge on any atom is -0.340 e. The summed E-state index contributed by atoms with van der Waals surface area (Å²) in [5, 5.41) is 1.87. The Bertz CT molecular complexity index is 1040. The maximum absolute atomic E-state index is 12.5. The van der Waals surface area contributed by atoms with E-state index in [-0.39, 0.29) is 11.5 Å². The van der Waals surface area contributed by atoms with E-state index in [9.17, 15) is 9.59 Å². The maximum Gasteiger partial charge on any atom is 0.258 e. The van der Waals surface area contributed by atoms with Crippen LogP contribution in [0.5, 0.6) is 0 Å². The molecule has 0 radical (unpaired) electrons. The molecule has 0 N–H and O–H groups in total. The van der Waals surface area contributed by atoms with Crippen LogP contribution in [0.1, 0.15) is 17.7 Å². The number of carbonyl (C=O) groups excluding carboxylic acids is 1. The van der Waals surface area contributed by atoms with Gasteiger partial charge >= 0.3 is 0 Å². The first kappa shape index (κ1) is 19.3. The fourth-order valence-corrected chi connectivity index (χ4v) is 4.68. The molecule has 1 amide bonds. The standard InChI is InChI=1S/C20H21BrN4O2S/c21-17-4-2-1-3-15(17)5-6-18(26)24-9-7-23(8-10-24)14-16-13-19(27)25-11-12-28-20(25)22-16/h1-4,11-13H,5-10,14H2. The molecule has 146 valence electrons. The third kappa shape index (κ3) is 4.34. The molecule has 0 aliphatic carbocycles. The quantitative estimate of drug-likeness (QED) is 0.587. The van der Waals surface area contributed by atoms with Gasteiger partial charge in [-0.2, -0.15) is 0 Å².